The van der Waals surface area contributed by atoms with Gasteiger partial charge < -0.3 is 15.0 Å². The number of piperidine rings is 1. The number of benzene rings is 2. The second-order valence-electron chi connectivity index (χ2n) is 8.50. The molecule has 0 spiro atoms. The maximum atomic E-state index is 13.3. The van der Waals surface area contributed by atoms with Crippen LogP contribution in [0.4, 0.5) is 11.4 Å². The van der Waals surface area contributed by atoms with E-state index in [2.05, 4.69) is 25.7 Å². The molecule has 184 valence electrons. The number of rotatable bonds is 6. The molecule has 5 rings (SSSR count). The number of nitrogens with one attached hydrogen (secondary N) is 1. The highest BCUT2D eigenvalue weighted by Gasteiger charge is 2.28. The number of ether oxygens (including phenoxy) is 1. The van der Waals surface area contributed by atoms with Gasteiger partial charge in [0.2, 0.25) is 10.0 Å². The van der Waals surface area contributed by atoms with Crippen molar-refractivity contribution in [3.8, 4) is 5.69 Å². The summed E-state index contributed by atoms with van der Waals surface area (Å²) in [5.41, 5.74) is 2.33. The minimum atomic E-state index is -3.71. The van der Waals surface area contributed by atoms with E-state index in [-0.39, 0.29) is 10.8 Å². The molecule has 1 N–H and O–H groups in total. The summed E-state index contributed by atoms with van der Waals surface area (Å²) < 4.78 is 34.8. The van der Waals surface area contributed by atoms with Crippen LogP contribution < -0.4 is 10.2 Å². The molecular weight excluding hydrogens is 470 g/mol. The third-order valence-electron chi connectivity index (χ3n) is 6.24. The summed E-state index contributed by atoms with van der Waals surface area (Å²) in [6.45, 7) is 3.06. The monoisotopic (exact) mass is 497 g/mol. The Hall–Kier alpha value is -3.35. The number of morpholine rings is 1. The number of aromatic nitrogens is 4. The van der Waals surface area contributed by atoms with E-state index in [9.17, 15) is 13.2 Å². The summed E-state index contributed by atoms with van der Waals surface area (Å²) in [5, 5.41) is 14.1. The molecule has 1 aromatic heterocycles. The first-order valence-electron chi connectivity index (χ1n) is 11.6. The lowest BCUT2D eigenvalue weighted by atomic mass is 10.1. The van der Waals surface area contributed by atoms with E-state index < -0.39 is 10.0 Å². The van der Waals surface area contributed by atoms with Crippen LogP contribution in [0.15, 0.2) is 53.7 Å². The number of amides is 1. The Labute approximate surface area is 203 Å². The molecule has 1 amide bonds. The molecule has 2 aliphatic heterocycles. The Morgan fingerprint density at radius 2 is 1.77 bits per heavy atom. The Morgan fingerprint density at radius 1 is 0.971 bits per heavy atom. The maximum Gasteiger partial charge on any atom is 0.255 e. The topological polar surface area (TPSA) is 123 Å². The van der Waals surface area contributed by atoms with Crippen LogP contribution in [0.3, 0.4) is 0 Å². The Bertz CT molecular complexity index is 1280. The van der Waals surface area contributed by atoms with Crippen LogP contribution in [0, 0.1) is 0 Å². The van der Waals surface area contributed by atoms with E-state index in [1.54, 1.807) is 42.5 Å². The number of sulfonamides is 1. The van der Waals surface area contributed by atoms with E-state index in [1.165, 1.54) is 15.3 Å². The first kappa shape index (κ1) is 23.4. The van der Waals surface area contributed by atoms with Crippen LogP contribution >= 0.6 is 0 Å². The zero-order valence-corrected chi connectivity index (χ0v) is 20.0. The van der Waals surface area contributed by atoms with Gasteiger partial charge in [0.25, 0.3) is 5.91 Å². The lowest BCUT2D eigenvalue weighted by Crippen LogP contribution is -2.40. The summed E-state index contributed by atoms with van der Waals surface area (Å²) in [6, 6.07) is 11.9. The maximum absolute atomic E-state index is 13.3. The number of carbonyl (C=O) groups is 1. The molecule has 2 saturated heterocycles. The molecular formula is C23H27N7O4S. The van der Waals surface area contributed by atoms with E-state index in [1.807, 2.05) is 0 Å². The predicted molar refractivity (Wildman–Crippen MR) is 129 cm³/mol. The molecule has 35 heavy (non-hydrogen) atoms. The van der Waals surface area contributed by atoms with Crippen molar-refractivity contribution < 1.29 is 17.9 Å². The highest BCUT2D eigenvalue weighted by Crippen LogP contribution is 2.32. The molecule has 3 aromatic rings. The van der Waals surface area contributed by atoms with Crippen molar-refractivity contribution in [2.24, 2.45) is 0 Å². The molecule has 3 heterocycles. The predicted octanol–water partition coefficient (Wildman–Crippen LogP) is 1.93. The van der Waals surface area contributed by atoms with Gasteiger partial charge in [-0.2, -0.15) is 4.31 Å². The molecule has 0 bridgehead atoms. The van der Waals surface area contributed by atoms with Crippen LogP contribution in [0.5, 0.6) is 0 Å². The second-order valence-corrected chi connectivity index (χ2v) is 10.4. The quantitative estimate of drug-likeness (QED) is 0.548. The van der Waals surface area contributed by atoms with Crippen molar-refractivity contribution in [1.29, 1.82) is 0 Å². The summed E-state index contributed by atoms with van der Waals surface area (Å²) in [4.78, 5) is 15.6. The standard InChI is InChI=1S/C23H27N7O4S/c31-23(18-5-4-6-19(15-18)30-17-24-26-27-30)25-21-16-20(35(32,33)29-11-13-34-14-12-29)7-8-22(21)28-9-2-1-3-10-28/h4-8,15-17H,1-3,9-14H2,(H,25,31). The van der Waals surface area contributed by atoms with Gasteiger partial charge in [-0.15, -0.1) is 5.10 Å². The number of hydrogen-bond acceptors (Lipinski definition) is 8. The molecule has 11 nitrogen and oxygen atoms in total. The molecule has 0 unspecified atom stereocenters. The van der Waals surface area contributed by atoms with Crippen molar-refractivity contribution in [3.05, 3.63) is 54.4 Å². The molecule has 2 aliphatic rings. The van der Waals surface area contributed by atoms with Crippen LogP contribution in [0.2, 0.25) is 0 Å². The van der Waals surface area contributed by atoms with Gasteiger partial charge in [0, 0.05) is 31.7 Å². The summed E-state index contributed by atoms with van der Waals surface area (Å²) >= 11 is 0. The first-order valence-corrected chi connectivity index (χ1v) is 13.1. The lowest BCUT2D eigenvalue weighted by Gasteiger charge is -2.31. The SMILES string of the molecule is O=C(Nc1cc(S(=O)(=O)N2CCOCC2)ccc1N1CCCCC1)c1cccc(-n2cnnn2)c1. The highest BCUT2D eigenvalue weighted by molar-refractivity contribution is 7.89. The van der Waals surface area contributed by atoms with Gasteiger partial charge in [0.05, 0.1) is 35.2 Å². The Kier molecular flexibility index (Phi) is 6.75. The smallest absolute Gasteiger partial charge is 0.255 e. The van der Waals surface area contributed by atoms with Crippen molar-refractivity contribution in [2.45, 2.75) is 24.2 Å². The number of tetrazole rings is 1. The van der Waals surface area contributed by atoms with Gasteiger partial charge in [-0.25, -0.2) is 13.1 Å². The molecule has 12 heteroatoms. The average molecular weight is 498 g/mol. The zero-order valence-electron chi connectivity index (χ0n) is 19.2. The first-order chi connectivity index (χ1) is 17.0. The van der Waals surface area contributed by atoms with E-state index in [0.717, 1.165) is 38.0 Å². The highest BCUT2D eigenvalue weighted by atomic mass is 32.2. The molecule has 0 radical (unpaired) electrons. The molecule has 0 atom stereocenters. The summed E-state index contributed by atoms with van der Waals surface area (Å²) in [5.74, 6) is -0.348. The molecule has 0 aliphatic carbocycles. The van der Waals surface area contributed by atoms with Gasteiger partial charge in [0.1, 0.15) is 6.33 Å². The molecule has 0 saturated carbocycles. The van der Waals surface area contributed by atoms with Crippen LogP contribution in [-0.2, 0) is 14.8 Å². The lowest BCUT2D eigenvalue weighted by molar-refractivity contribution is 0.0730. The number of anilines is 2. The van der Waals surface area contributed by atoms with E-state index in [0.29, 0.717) is 43.2 Å². The molecule has 2 fully saturated rings. The fourth-order valence-electron chi connectivity index (χ4n) is 4.39. The summed E-state index contributed by atoms with van der Waals surface area (Å²) in [7, 11) is -3.71. The number of hydrogen-bond donors (Lipinski definition) is 1. The van der Waals surface area contributed by atoms with E-state index >= 15 is 0 Å². The summed E-state index contributed by atoms with van der Waals surface area (Å²) in [6.07, 6.45) is 4.71. The van der Waals surface area contributed by atoms with E-state index in [4.69, 9.17) is 4.74 Å². The normalized spacial score (nSPS) is 17.3. The van der Waals surface area contributed by atoms with Gasteiger partial charge in [-0.3, -0.25) is 4.79 Å². The van der Waals surface area contributed by atoms with Crippen molar-refractivity contribution in [2.75, 3.05) is 49.6 Å². The fraction of sp³-hybridized carbons (Fsp3) is 0.391. The van der Waals surface area contributed by atoms with Gasteiger partial charge in [0.15, 0.2) is 0 Å². The number of carbonyl (C=O) groups excluding carboxylic acids is 1. The second kappa shape index (κ2) is 10.1. The van der Waals surface area contributed by atoms with Gasteiger partial charge in [-0.1, -0.05) is 6.07 Å². The fourth-order valence-corrected chi connectivity index (χ4v) is 5.82. The Balaban J connectivity index is 1.47. The molecule has 2 aromatic carbocycles. The van der Waals surface area contributed by atoms with Crippen molar-refractivity contribution >= 4 is 27.3 Å². The number of nitrogens with zero attached hydrogens (tertiary/aromatic N) is 6. The third kappa shape index (κ3) is 5.04. The largest absolute Gasteiger partial charge is 0.379 e. The zero-order chi connectivity index (χ0) is 24.3. The van der Waals surface area contributed by atoms with Crippen molar-refractivity contribution in [3.63, 3.8) is 0 Å². The average Bonchev–Trinajstić information content (AvgIpc) is 3.45. The minimum Gasteiger partial charge on any atom is -0.379 e. The van der Waals surface area contributed by atoms with Crippen LogP contribution in [-0.4, -0.2) is 78.2 Å². The minimum absolute atomic E-state index is 0.151. The van der Waals surface area contributed by atoms with Crippen LogP contribution in [0.25, 0.3) is 5.69 Å². The van der Waals surface area contributed by atoms with Crippen molar-refractivity contribution in [1.82, 2.24) is 24.5 Å². The Morgan fingerprint density at radius 3 is 2.51 bits per heavy atom. The van der Waals surface area contributed by atoms with Crippen LogP contribution in [0.1, 0.15) is 29.6 Å². The third-order valence-corrected chi connectivity index (χ3v) is 8.14. The van der Waals surface area contributed by atoms with Gasteiger partial charge >= 0.3 is 0 Å². The van der Waals surface area contributed by atoms with Gasteiger partial charge in [-0.05, 0) is 66.1 Å².